The predicted octanol–water partition coefficient (Wildman–Crippen LogP) is 12.0. The molecule has 0 radical (unpaired) electrons. The summed E-state index contributed by atoms with van der Waals surface area (Å²) < 4.78 is 15.4. The van der Waals surface area contributed by atoms with Crippen LogP contribution in [0, 0.1) is 0 Å². The van der Waals surface area contributed by atoms with E-state index in [2.05, 4.69) is 96.3 Å². The molecule has 6 heteroatoms. The number of thiophene rings is 1. The van der Waals surface area contributed by atoms with Gasteiger partial charge in [-0.25, -0.2) is 9.98 Å². The van der Waals surface area contributed by atoms with Crippen molar-refractivity contribution < 1.29 is 8.83 Å². The van der Waals surface area contributed by atoms with Crippen molar-refractivity contribution in [2.45, 2.75) is 6.17 Å². The summed E-state index contributed by atoms with van der Waals surface area (Å²) in [5.74, 6) is 1.39. The predicted molar refractivity (Wildman–Crippen MR) is 211 cm³/mol. The van der Waals surface area contributed by atoms with Crippen LogP contribution in [0.2, 0.25) is 0 Å². The lowest BCUT2D eigenvalue weighted by Crippen LogP contribution is -2.33. The van der Waals surface area contributed by atoms with Crippen LogP contribution >= 0.6 is 11.3 Å². The summed E-state index contributed by atoms with van der Waals surface area (Å²) in [5.41, 5.74) is 8.61. The van der Waals surface area contributed by atoms with Crippen LogP contribution in [0.1, 0.15) is 22.9 Å². The van der Waals surface area contributed by atoms with Crippen LogP contribution in [0.5, 0.6) is 0 Å². The van der Waals surface area contributed by atoms with Crippen molar-refractivity contribution in [2.24, 2.45) is 9.98 Å². The molecular formula is C45H27N3O2S. The third-order valence-electron chi connectivity index (χ3n) is 9.97. The molecule has 0 spiro atoms. The Bertz CT molecular complexity index is 3070. The van der Waals surface area contributed by atoms with E-state index in [1.165, 1.54) is 25.7 Å². The van der Waals surface area contributed by atoms with Crippen LogP contribution in [0.15, 0.2) is 170 Å². The van der Waals surface area contributed by atoms with Crippen molar-refractivity contribution in [1.82, 2.24) is 5.32 Å². The average Bonchev–Trinajstić information content (AvgIpc) is 3.89. The summed E-state index contributed by atoms with van der Waals surface area (Å²) in [6, 6.07) is 52.6. The zero-order valence-electron chi connectivity index (χ0n) is 27.1. The molecule has 1 aliphatic heterocycles. The number of para-hydroxylation sites is 1. The molecule has 0 aliphatic carbocycles. The number of benzene rings is 7. The van der Waals surface area contributed by atoms with Gasteiger partial charge in [0.05, 0.1) is 0 Å². The van der Waals surface area contributed by atoms with Crippen molar-refractivity contribution in [3.63, 3.8) is 0 Å². The Kier molecular flexibility index (Phi) is 6.12. The monoisotopic (exact) mass is 673 g/mol. The fourth-order valence-electron chi connectivity index (χ4n) is 7.64. The number of hydrogen-bond acceptors (Lipinski definition) is 6. The normalized spacial score (nSPS) is 14.9. The number of amidine groups is 2. The minimum Gasteiger partial charge on any atom is -0.456 e. The van der Waals surface area contributed by atoms with E-state index < -0.39 is 0 Å². The molecule has 0 saturated heterocycles. The molecule has 7 aromatic carbocycles. The summed E-state index contributed by atoms with van der Waals surface area (Å²) in [7, 11) is 0. The summed E-state index contributed by atoms with van der Waals surface area (Å²) in [6.07, 6.45) is -0.350. The van der Waals surface area contributed by atoms with Gasteiger partial charge in [0.1, 0.15) is 34.3 Å². The highest BCUT2D eigenvalue weighted by atomic mass is 32.1. The standard InChI is InChI=1S/C45H27N3O2S/c1-2-11-26(12-3-1)43-46-44(32-17-9-20-37-40(32)31-14-4-6-19-35(31)49-37)48-45(47-43)33-18-10-21-38-41(33)34-25-27(23-24-36(34)50-38)28-15-8-16-30-29-13-5-7-22-39(29)51-42(28)30/h1-25,43H,(H,46,47,48). The van der Waals surface area contributed by atoms with Gasteiger partial charge in [-0.2, -0.15) is 0 Å². The Balaban J connectivity index is 1.12. The molecule has 240 valence electrons. The molecule has 1 atom stereocenters. The Morgan fingerprint density at radius 3 is 2.02 bits per heavy atom. The topological polar surface area (TPSA) is 63.0 Å². The molecule has 1 unspecified atom stereocenters. The fraction of sp³-hybridized carbons (Fsp3) is 0.0222. The van der Waals surface area contributed by atoms with E-state index in [1.807, 2.05) is 72.0 Å². The summed E-state index contributed by atoms with van der Waals surface area (Å²) in [6.45, 7) is 0. The van der Waals surface area contributed by atoms with Crippen LogP contribution in [0.4, 0.5) is 0 Å². The fourth-order valence-corrected chi connectivity index (χ4v) is 8.88. The molecule has 0 amide bonds. The van der Waals surface area contributed by atoms with Crippen molar-refractivity contribution in [1.29, 1.82) is 0 Å². The van der Waals surface area contributed by atoms with E-state index in [1.54, 1.807) is 0 Å². The van der Waals surface area contributed by atoms with Crippen molar-refractivity contribution in [3.8, 4) is 11.1 Å². The van der Waals surface area contributed by atoms with Gasteiger partial charge in [-0.15, -0.1) is 11.3 Å². The second-order valence-electron chi connectivity index (χ2n) is 12.9. The molecule has 11 rings (SSSR count). The SMILES string of the molecule is c1ccc(C2N=C(c3cccc4oc5ccccc5c34)N=C(c3cccc4oc5ccc(-c6cccc7c6sc6ccccc67)cc5c34)N2)cc1. The van der Waals surface area contributed by atoms with E-state index in [9.17, 15) is 0 Å². The van der Waals surface area contributed by atoms with Gasteiger partial charge in [0.2, 0.25) is 0 Å². The largest absolute Gasteiger partial charge is 0.456 e. The third-order valence-corrected chi connectivity index (χ3v) is 11.2. The van der Waals surface area contributed by atoms with Crippen LogP contribution in [0.3, 0.4) is 0 Å². The molecule has 4 heterocycles. The highest BCUT2D eigenvalue weighted by Gasteiger charge is 2.26. The number of nitrogens with one attached hydrogen (secondary N) is 1. The number of rotatable bonds is 4. The zero-order chi connectivity index (χ0) is 33.5. The maximum atomic E-state index is 6.51. The highest BCUT2D eigenvalue weighted by Crippen LogP contribution is 2.42. The van der Waals surface area contributed by atoms with Gasteiger partial charge in [-0.3, -0.25) is 0 Å². The van der Waals surface area contributed by atoms with Crippen LogP contribution in [0.25, 0.3) is 75.2 Å². The molecule has 10 aromatic rings. The zero-order valence-corrected chi connectivity index (χ0v) is 27.9. The number of nitrogens with zero attached hydrogens (tertiary/aromatic N) is 2. The highest BCUT2D eigenvalue weighted by molar-refractivity contribution is 7.26. The lowest BCUT2D eigenvalue weighted by molar-refractivity contribution is 0.667. The van der Waals surface area contributed by atoms with E-state index in [-0.39, 0.29) is 6.17 Å². The van der Waals surface area contributed by atoms with Gasteiger partial charge < -0.3 is 14.2 Å². The number of fused-ring (bicyclic) bond motifs is 9. The van der Waals surface area contributed by atoms with Gasteiger partial charge in [-0.1, -0.05) is 115 Å². The molecule has 51 heavy (non-hydrogen) atoms. The van der Waals surface area contributed by atoms with E-state index in [0.29, 0.717) is 5.84 Å². The maximum Gasteiger partial charge on any atom is 0.160 e. The van der Waals surface area contributed by atoms with Crippen molar-refractivity contribution in [3.05, 3.63) is 168 Å². The molecule has 0 bridgehead atoms. The van der Waals surface area contributed by atoms with Gasteiger partial charge in [0.25, 0.3) is 0 Å². The summed E-state index contributed by atoms with van der Waals surface area (Å²) >= 11 is 1.85. The van der Waals surface area contributed by atoms with Crippen LogP contribution in [-0.4, -0.2) is 11.7 Å². The van der Waals surface area contributed by atoms with Crippen LogP contribution < -0.4 is 5.32 Å². The molecule has 1 N–H and O–H groups in total. The summed E-state index contributed by atoms with van der Waals surface area (Å²) in [5, 5.41) is 10.4. The Labute approximate surface area is 295 Å². The second-order valence-corrected chi connectivity index (χ2v) is 14.0. The van der Waals surface area contributed by atoms with Gasteiger partial charge in [-0.05, 0) is 53.1 Å². The van der Waals surface area contributed by atoms with E-state index >= 15 is 0 Å². The molecule has 1 aliphatic rings. The minimum atomic E-state index is -0.350. The first-order chi connectivity index (χ1) is 25.3. The average molecular weight is 674 g/mol. The van der Waals surface area contributed by atoms with Crippen LogP contribution in [-0.2, 0) is 0 Å². The lowest BCUT2D eigenvalue weighted by atomic mass is 9.98. The van der Waals surface area contributed by atoms with E-state index in [0.717, 1.165) is 72.0 Å². The lowest BCUT2D eigenvalue weighted by Gasteiger charge is -2.24. The molecule has 0 saturated carbocycles. The first-order valence-corrected chi connectivity index (χ1v) is 17.8. The number of aliphatic imine (C=N–C) groups is 2. The quantitative estimate of drug-likeness (QED) is 0.202. The second kappa shape index (κ2) is 11.0. The smallest absolute Gasteiger partial charge is 0.160 e. The first kappa shape index (κ1) is 28.3. The molecule has 0 fully saturated rings. The third kappa shape index (κ3) is 4.40. The molecular weight excluding hydrogens is 647 g/mol. The maximum absolute atomic E-state index is 6.51. The van der Waals surface area contributed by atoms with Crippen molar-refractivity contribution in [2.75, 3.05) is 0 Å². The van der Waals surface area contributed by atoms with Gasteiger partial charge in [0.15, 0.2) is 5.84 Å². The number of hydrogen-bond donors (Lipinski definition) is 1. The van der Waals surface area contributed by atoms with E-state index in [4.69, 9.17) is 18.8 Å². The van der Waals surface area contributed by atoms with Crippen molar-refractivity contribution >= 4 is 87.1 Å². The Hall–Kier alpha value is -6.50. The molecule has 5 nitrogen and oxygen atoms in total. The Morgan fingerprint density at radius 2 is 1.16 bits per heavy atom. The first-order valence-electron chi connectivity index (χ1n) is 17.0. The summed E-state index contributed by atoms with van der Waals surface area (Å²) in [4.78, 5) is 10.5. The molecule has 3 aromatic heterocycles. The Morgan fingerprint density at radius 1 is 0.510 bits per heavy atom. The van der Waals surface area contributed by atoms with Gasteiger partial charge in [0, 0.05) is 52.8 Å². The van der Waals surface area contributed by atoms with Gasteiger partial charge >= 0.3 is 0 Å². The number of furan rings is 2. The minimum absolute atomic E-state index is 0.350.